The summed E-state index contributed by atoms with van der Waals surface area (Å²) < 4.78 is 26.6. The molecule has 0 bridgehead atoms. The fourth-order valence-electron chi connectivity index (χ4n) is 6.84. The van der Waals surface area contributed by atoms with Crippen LogP contribution in [0.3, 0.4) is 0 Å². The summed E-state index contributed by atoms with van der Waals surface area (Å²) in [6.45, 7) is 18.3. The summed E-state index contributed by atoms with van der Waals surface area (Å²) in [4.78, 5) is 60.1. The number of aromatic nitrogens is 2. The van der Waals surface area contributed by atoms with Gasteiger partial charge in [0.15, 0.2) is 0 Å². The largest absolute Gasteiger partial charge is 0.380 e. The van der Waals surface area contributed by atoms with E-state index in [9.17, 15) is 23.6 Å². The van der Waals surface area contributed by atoms with Gasteiger partial charge in [0.05, 0.1) is 47.9 Å². The Labute approximate surface area is 366 Å². The number of methoxy groups -OCH3 is 1. The molecule has 6 rings (SSSR count). The van der Waals surface area contributed by atoms with Crippen LogP contribution in [-0.2, 0) is 54.6 Å². The van der Waals surface area contributed by atoms with Crippen molar-refractivity contribution in [2.24, 2.45) is 11.5 Å². The molecule has 62 heavy (non-hydrogen) atoms. The van der Waals surface area contributed by atoms with Crippen molar-refractivity contribution in [2.45, 2.75) is 113 Å². The first kappa shape index (κ1) is 54.6. The van der Waals surface area contributed by atoms with Crippen molar-refractivity contribution in [3.8, 4) is 11.4 Å². The summed E-state index contributed by atoms with van der Waals surface area (Å²) in [6.07, 6.45) is 4.83. The van der Waals surface area contributed by atoms with Gasteiger partial charge in [-0.05, 0) is 81.4 Å². The summed E-state index contributed by atoms with van der Waals surface area (Å²) in [5, 5.41) is 9.00. The van der Waals surface area contributed by atoms with Gasteiger partial charge < -0.3 is 51.2 Å². The minimum Gasteiger partial charge on any atom is -0.380 e. The highest BCUT2D eigenvalue weighted by Gasteiger charge is 2.34. The Morgan fingerprint density at radius 2 is 1.74 bits per heavy atom. The monoisotopic (exact) mass is 865 g/mol. The standard InChI is InChI=1S/C25H27FN4O3.C9H12.C6H13N3O3.C3H9N.C2H6.CH2O/c1-5-29(12-31)20-9-21-24-15(10-30(21)25(32)16(20)11-33-4)23-18(27-3)7-6-14-13(2)17(26)8-19(28-24)22(14)23;1-2-6-9-7-4-3-5-8-9;1-5(7)12-4-9-6(11)2-8-3-10;1-3(2)4;2*1-2/h8-9,12,18,27H,5-7,10-11H2,1-4H3;3-5,7-8H,2,6H2,1H3;3,5H,2,4,7H2,1H3,(H,8,10)(H,9,11);3H,4H2,1-2H3;1-2H3;1H2. The molecule has 3 heterocycles. The van der Waals surface area contributed by atoms with Gasteiger partial charge in [-0.1, -0.05) is 71.4 Å². The maximum Gasteiger partial charge on any atom is 0.259 e. The molecule has 2 aliphatic rings. The third kappa shape index (κ3) is 15.2. The van der Waals surface area contributed by atoms with E-state index < -0.39 is 6.23 Å². The maximum atomic E-state index is 14.8. The Hall–Kier alpha value is -5.39. The van der Waals surface area contributed by atoms with Gasteiger partial charge >= 0.3 is 0 Å². The minimum absolute atomic E-state index is 0.0498. The van der Waals surface area contributed by atoms with Crippen LogP contribution in [0.5, 0.6) is 0 Å². The number of benzene rings is 2. The predicted octanol–water partition coefficient (Wildman–Crippen LogP) is 5.17. The van der Waals surface area contributed by atoms with Crippen LogP contribution in [0.1, 0.15) is 101 Å². The summed E-state index contributed by atoms with van der Waals surface area (Å²) in [5.74, 6) is -0.578. The summed E-state index contributed by atoms with van der Waals surface area (Å²) in [6, 6.07) is 14.3. The second-order valence-corrected chi connectivity index (χ2v) is 14.3. The van der Waals surface area contributed by atoms with Crippen molar-refractivity contribution in [1.82, 2.24) is 25.5 Å². The van der Waals surface area contributed by atoms with Crippen LogP contribution in [0.25, 0.3) is 22.3 Å². The zero-order valence-electron chi connectivity index (χ0n) is 38.2. The van der Waals surface area contributed by atoms with Crippen LogP contribution in [0.2, 0.25) is 0 Å². The fraction of sp³-hybridized carbons (Fsp3) is 0.478. The molecule has 0 spiro atoms. The molecule has 0 radical (unpaired) electrons. The number of fused-ring (bicyclic) bond motifs is 4. The van der Waals surface area contributed by atoms with Crippen LogP contribution in [0.15, 0.2) is 47.3 Å². The molecule has 1 aliphatic heterocycles. The first-order valence-corrected chi connectivity index (χ1v) is 21.0. The van der Waals surface area contributed by atoms with Gasteiger partial charge in [0.25, 0.3) is 5.56 Å². The van der Waals surface area contributed by atoms with E-state index in [1.807, 2.05) is 61.4 Å². The Bertz CT molecular complexity index is 2060. The quantitative estimate of drug-likeness (QED) is 0.0726. The van der Waals surface area contributed by atoms with Gasteiger partial charge in [-0.25, -0.2) is 9.37 Å². The normalized spacial score (nSPS) is 13.0. The Balaban J connectivity index is 0.000000543. The number of aryl methyl sites for hydroxylation is 2. The van der Waals surface area contributed by atoms with E-state index in [2.05, 4.69) is 53.2 Å². The molecule has 3 amide bonds. The smallest absolute Gasteiger partial charge is 0.259 e. The third-order valence-electron chi connectivity index (χ3n) is 9.47. The molecule has 2 atom stereocenters. The van der Waals surface area contributed by atoms with Gasteiger partial charge in [0.1, 0.15) is 25.6 Å². The minimum atomic E-state index is -0.413. The number of anilines is 1. The van der Waals surface area contributed by atoms with Gasteiger partial charge in [0.2, 0.25) is 18.7 Å². The number of carbonyl (C=O) groups excluding carboxylic acids is 4. The van der Waals surface area contributed by atoms with Crippen molar-refractivity contribution in [3.05, 3.63) is 92.0 Å². The number of amides is 3. The molecule has 2 unspecified atom stereocenters. The van der Waals surface area contributed by atoms with Crippen molar-refractivity contribution < 1.29 is 33.0 Å². The Morgan fingerprint density at radius 3 is 2.27 bits per heavy atom. The zero-order valence-corrected chi connectivity index (χ0v) is 38.2. The average molecular weight is 865 g/mol. The molecular weight excluding hydrogens is 796 g/mol. The van der Waals surface area contributed by atoms with E-state index in [0.29, 0.717) is 59.3 Å². The third-order valence-corrected chi connectivity index (χ3v) is 9.47. The molecular formula is C46H69FN8O7. The van der Waals surface area contributed by atoms with Crippen molar-refractivity contribution in [3.63, 3.8) is 0 Å². The number of carbonyl (C=O) groups is 4. The molecule has 1 aliphatic carbocycles. The molecule has 0 saturated carbocycles. The number of rotatable bonds is 14. The number of halogens is 1. The van der Waals surface area contributed by atoms with E-state index >= 15 is 0 Å². The number of hydrogen-bond acceptors (Lipinski definition) is 11. The van der Waals surface area contributed by atoms with Crippen molar-refractivity contribution >= 4 is 42.1 Å². The van der Waals surface area contributed by atoms with Gasteiger partial charge in [-0.15, -0.1) is 0 Å². The molecule has 0 saturated heterocycles. The maximum absolute atomic E-state index is 14.8. The van der Waals surface area contributed by atoms with E-state index in [-0.39, 0.29) is 43.2 Å². The van der Waals surface area contributed by atoms with Gasteiger partial charge in [0, 0.05) is 36.7 Å². The molecule has 16 heteroatoms. The molecule has 342 valence electrons. The first-order chi connectivity index (χ1) is 29.8. The van der Waals surface area contributed by atoms with Crippen LogP contribution in [0, 0.1) is 12.7 Å². The number of nitrogens with two attached hydrogens (primary N) is 2. The van der Waals surface area contributed by atoms with Gasteiger partial charge in [-0.3, -0.25) is 19.2 Å². The van der Waals surface area contributed by atoms with E-state index in [4.69, 9.17) is 30.7 Å². The number of ether oxygens (including phenoxy) is 2. The van der Waals surface area contributed by atoms with Crippen LogP contribution >= 0.6 is 0 Å². The highest BCUT2D eigenvalue weighted by molar-refractivity contribution is 5.93. The second kappa shape index (κ2) is 29.0. The predicted molar refractivity (Wildman–Crippen MR) is 245 cm³/mol. The molecule has 7 N–H and O–H groups in total. The molecule has 0 fully saturated rings. The van der Waals surface area contributed by atoms with Gasteiger partial charge in [-0.2, -0.15) is 0 Å². The highest BCUT2D eigenvalue weighted by Crippen LogP contribution is 2.45. The molecule has 4 aromatic rings. The fourth-order valence-corrected chi connectivity index (χ4v) is 6.84. The number of nitrogens with one attached hydrogen (secondary N) is 3. The zero-order chi connectivity index (χ0) is 46.9. The average Bonchev–Trinajstić information content (AvgIpc) is 3.64. The van der Waals surface area contributed by atoms with Crippen LogP contribution < -0.4 is 37.9 Å². The van der Waals surface area contributed by atoms with E-state index in [1.165, 1.54) is 36.5 Å². The second-order valence-electron chi connectivity index (χ2n) is 14.3. The number of nitrogens with zero attached hydrogens (tertiary/aromatic N) is 3. The Kier molecular flexibility index (Phi) is 25.6. The number of hydrogen-bond donors (Lipinski definition) is 5. The van der Waals surface area contributed by atoms with Crippen molar-refractivity contribution in [2.75, 3.05) is 38.9 Å². The Morgan fingerprint density at radius 1 is 1.10 bits per heavy atom. The SMILES string of the molecule is C=O.CC.CC(C)N.CC(N)OCNC(=O)CNC=O.CCCc1ccccc1.CCN(C=O)c1cc2n(c(=O)c1COC)Cc1c-2nc2cc(F)c(C)c3c2c1C(NC)CC3. The molecule has 2 aromatic carbocycles. The first-order valence-electron chi connectivity index (χ1n) is 21.0. The summed E-state index contributed by atoms with van der Waals surface area (Å²) >= 11 is 0. The number of pyridine rings is 2. The van der Waals surface area contributed by atoms with Crippen molar-refractivity contribution in [1.29, 1.82) is 0 Å². The summed E-state index contributed by atoms with van der Waals surface area (Å²) in [7, 11) is 3.46. The molecule has 2 aromatic heterocycles. The van der Waals surface area contributed by atoms with Crippen LogP contribution in [-0.4, -0.2) is 81.3 Å². The summed E-state index contributed by atoms with van der Waals surface area (Å²) in [5.41, 5.74) is 18.2. The van der Waals surface area contributed by atoms with E-state index in [1.54, 1.807) is 11.5 Å². The van der Waals surface area contributed by atoms with E-state index in [0.717, 1.165) is 41.3 Å². The van der Waals surface area contributed by atoms with Crippen LogP contribution in [0.4, 0.5) is 10.1 Å². The topological polar surface area (TPSA) is 213 Å². The lowest BCUT2D eigenvalue weighted by Gasteiger charge is -2.28. The highest BCUT2D eigenvalue weighted by atomic mass is 19.1. The lowest BCUT2D eigenvalue weighted by molar-refractivity contribution is -0.124. The lowest BCUT2D eigenvalue weighted by atomic mass is 9.82. The molecule has 15 nitrogen and oxygen atoms in total. The lowest BCUT2D eigenvalue weighted by Crippen LogP contribution is -2.36.